The van der Waals surface area contributed by atoms with E-state index in [-0.39, 0.29) is 5.91 Å². The quantitative estimate of drug-likeness (QED) is 0.862. The summed E-state index contributed by atoms with van der Waals surface area (Å²) < 4.78 is 0. The van der Waals surface area contributed by atoms with Gasteiger partial charge in [0.2, 0.25) is 0 Å². The fraction of sp³-hybridized carbons (Fsp3) is 0. The molecular formula is C16H11NO3S. The van der Waals surface area contributed by atoms with E-state index in [2.05, 4.69) is 0 Å². The largest absolute Gasteiger partial charge is 0.478 e. The normalized spacial score (nSPS) is 12.9. The van der Waals surface area contributed by atoms with Gasteiger partial charge in [-0.3, -0.25) is 9.69 Å². The van der Waals surface area contributed by atoms with E-state index in [1.807, 2.05) is 48.5 Å². The maximum absolute atomic E-state index is 12.4. The molecule has 3 rings (SSSR count). The molecule has 1 amide bonds. The molecule has 0 aliphatic carbocycles. The van der Waals surface area contributed by atoms with Gasteiger partial charge in [-0.1, -0.05) is 36.0 Å². The lowest BCUT2D eigenvalue weighted by atomic mass is 10.2. The lowest BCUT2D eigenvalue weighted by molar-refractivity contribution is -0.131. The summed E-state index contributed by atoms with van der Waals surface area (Å²) in [6.07, 6.45) is 1.93. The Hall–Kier alpha value is -2.53. The summed E-state index contributed by atoms with van der Waals surface area (Å²) in [6, 6.07) is 15.1. The number of rotatable bonds is 2. The van der Waals surface area contributed by atoms with Crippen LogP contribution in [0, 0.1) is 0 Å². The monoisotopic (exact) mass is 297 g/mol. The molecule has 0 fully saturated rings. The Kier molecular flexibility index (Phi) is 3.50. The number of para-hydroxylation sites is 2. The Morgan fingerprint density at radius 3 is 1.95 bits per heavy atom. The fourth-order valence-corrected chi connectivity index (χ4v) is 3.22. The van der Waals surface area contributed by atoms with E-state index in [9.17, 15) is 9.59 Å². The van der Waals surface area contributed by atoms with Crippen LogP contribution < -0.4 is 4.90 Å². The predicted molar refractivity (Wildman–Crippen MR) is 80.9 cm³/mol. The van der Waals surface area contributed by atoms with E-state index < -0.39 is 5.97 Å². The third kappa shape index (κ3) is 2.55. The molecule has 21 heavy (non-hydrogen) atoms. The second-order valence-electron chi connectivity index (χ2n) is 4.38. The molecule has 0 saturated carbocycles. The van der Waals surface area contributed by atoms with Gasteiger partial charge in [0.1, 0.15) is 0 Å². The fourth-order valence-electron chi connectivity index (χ4n) is 2.16. The summed E-state index contributed by atoms with van der Waals surface area (Å²) in [5.41, 5.74) is 1.53. The van der Waals surface area contributed by atoms with Gasteiger partial charge in [0.15, 0.2) is 0 Å². The highest BCUT2D eigenvalue weighted by molar-refractivity contribution is 7.99. The molecule has 1 aliphatic heterocycles. The van der Waals surface area contributed by atoms with E-state index in [0.717, 1.165) is 33.3 Å². The van der Waals surface area contributed by atoms with Gasteiger partial charge in [0.05, 0.1) is 11.4 Å². The van der Waals surface area contributed by atoms with Crippen molar-refractivity contribution < 1.29 is 14.7 Å². The number of amides is 1. The van der Waals surface area contributed by atoms with Crippen LogP contribution in [0.1, 0.15) is 0 Å². The van der Waals surface area contributed by atoms with Crippen molar-refractivity contribution in [3.8, 4) is 0 Å². The van der Waals surface area contributed by atoms with Crippen molar-refractivity contribution in [2.24, 2.45) is 0 Å². The molecule has 0 saturated heterocycles. The maximum atomic E-state index is 12.4. The van der Waals surface area contributed by atoms with Gasteiger partial charge in [-0.2, -0.15) is 0 Å². The lowest BCUT2D eigenvalue weighted by Gasteiger charge is -2.30. The first-order valence-corrected chi connectivity index (χ1v) is 7.09. The first-order chi connectivity index (χ1) is 10.2. The lowest BCUT2D eigenvalue weighted by Crippen LogP contribution is -2.26. The SMILES string of the molecule is O=C(O)/C=C/C(=O)N1c2ccccc2Sc2ccccc21. The number of hydrogen-bond donors (Lipinski definition) is 1. The summed E-state index contributed by atoms with van der Waals surface area (Å²) >= 11 is 1.59. The van der Waals surface area contributed by atoms with Crippen LogP contribution in [0.15, 0.2) is 70.5 Å². The summed E-state index contributed by atoms with van der Waals surface area (Å²) in [4.78, 5) is 26.5. The van der Waals surface area contributed by atoms with Gasteiger partial charge in [0.25, 0.3) is 5.91 Å². The molecule has 0 bridgehead atoms. The number of hydrogen-bond acceptors (Lipinski definition) is 3. The van der Waals surface area contributed by atoms with E-state index in [4.69, 9.17) is 5.11 Å². The number of benzene rings is 2. The van der Waals surface area contributed by atoms with Crippen molar-refractivity contribution in [1.82, 2.24) is 0 Å². The summed E-state index contributed by atoms with van der Waals surface area (Å²) in [6.45, 7) is 0. The average molecular weight is 297 g/mol. The van der Waals surface area contributed by atoms with Crippen LogP contribution in [0.5, 0.6) is 0 Å². The number of fused-ring (bicyclic) bond motifs is 2. The number of aliphatic carboxylic acids is 1. The number of carboxylic acid groups (broad SMARTS) is 1. The maximum Gasteiger partial charge on any atom is 0.328 e. The van der Waals surface area contributed by atoms with Crippen LogP contribution in [0.3, 0.4) is 0 Å². The standard InChI is InChI=1S/C16H11NO3S/c18-15(9-10-16(19)20)17-11-5-1-3-7-13(11)21-14-8-4-2-6-12(14)17/h1-10H,(H,19,20)/b10-9+. The first-order valence-electron chi connectivity index (χ1n) is 6.28. The van der Waals surface area contributed by atoms with Crippen molar-refractivity contribution >= 4 is 35.0 Å². The van der Waals surface area contributed by atoms with Crippen molar-refractivity contribution in [3.63, 3.8) is 0 Å². The van der Waals surface area contributed by atoms with Crippen molar-refractivity contribution in [1.29, 1.82) is 0 Å². The zero-order chi connectivity index (χ0) is 14.8. The molecule has 104 valence electrons. The van der Waals surface area contributed by atoms with E-state index in [1.165, 1.54) is 0 Å². The van der Waals surface area contributed by atoms with Gasteiger partial charge in [-0.25, -0.2) is 4.79 Å². The Morgan fingerprint density at radius 2 is 1.43 bits per heavy atom. The van der Waals surface area contributed by atoms with Gasteiger partial charge in [-0.15, -0.1) is 0 Å². The third-order valence-corrected chi connectivity index (χ3v) is 4.15. The molecule has 0 radical (unpaired) electrons. The zero-order valence-electron chi connectivity index (χ0n) is 10.9. The number of carbonyl (C=O) groups is 2. The minimum Gasteiger partial charge on any atom is -0.478 e. The van der Waals surface area contributed by atoms with E-state index >= 15 is 0 Å². The van der Waals surface area contributed by atoms with Gasteiger partial charge < -0.3 is 5.11 Å². The second kappa shape index (κ2) is 5.46. The molecule has 1 heterocycles. The van der Waals surface area contributed by atoms with Crippen LogP contribution in [-0.2, 0) is 9.59 Å². The Bertz CT molecular complexity index is 709. The van der Waals surface area contributed by atoms with Gasteiger partial charge in [-0.05, 0) is 24.3 Å². The number of nitrogens with zero attached hydrogens (tertiary/aromatic N) is 1. The summed E-state index contributed by atoms with van der Waals surface area (Å²) in [5, 5.41) is 8.69. The summed E-state index contributed by atoms with van der Waals surface area (Å²) in [7, 11) is 0. The third-order valence-electron chi connectivity index (χ3n) is 3.02. The van der Waals surface area contributed by atoms with E-state index in [0.29, 0.717) is 0 Å². The predicted octanol–water partition coefficient (Wildman–Crippen LogP) is 3.46. The number of anilines is 2. The second-order valence-corrected chi connectivity index (χ2v) is 5.47. The van der Waals surface area contributed by atoms with Crippen molar-refractivity contribution in [3.05, 3.63) is 60.7 Å². The molecule has 1 aliphatic rings. The molecule has 2 aromatic carbocycles. The van der Waals surface area contributed by atoms with Crippen molar-refractivity contribution in [2.45, 2.75) is 9.79 Å². The van der Waals surface area contributed by atoms with Crippen molar-refractivity contribution in [2.75, 3.05) is 4.90 Å². The number of carboxylic acids is 1. The molecular weight excluding hydrogens is 286 g/mol. The minimum atomic E-state index is -1.14. The van der Waals surface area contributed by atoms with Crippen LogP contribution in [0.2, 0.25) is 0 Å². The van der Waals surface area contributed by atoms with Crippen LogP contribution >= 0.6 is 11.8 Å². The van der Waals surface area contributed by atoms with Gasteiger partial charge in [0, 0.05) is 21.9 Å². The Balaban J connectivity index is 2.10. The molecule has 0 spiro atoms. The highest BCUT2D eigenvalue weighted by Crippen LogP contribution is 2.47. The molecule has 0 aromatic heterocycles. The summed E-state index contributed by atoms with van der Waals surface area (Å²) in [5.74, 6) is -1.52. The molecule has 1 N–H and O–H groups in total. The first kappa shape index (κ1) is 13.5. The molecule has 0 unspecified atom stereocenters. The van der Waals surface area contributed by atoms with Crippen LogP contribution in [0.25, 0.3) is 0 Å². The molecule has 0 atom stereocenters. The molecule has 5 heteroatoms. The Labute approximate surface area is 125 Å². The van der Waals surface area contributed by atoms with Crippen LogP contribution in [-0.4, -0.2) is 17.0 Å². The molecule has 4 nitrogen and oxygen atoms in total. The molecule has 2 aromatic rings. The highest BCUT2D eigenvalue weighted by atomic mass is 32.2. The number of carbonyl (C=O) groups excluding carboxylic acids is 1. The van der Waals surface area contributed by atoms with Crippen LogP contribution in [0.4, 0.5) is 11.4 Å². The topological polar surface area (TPSA) is 57.6 Å². The Morgan fingerprint density at radius 1 is 0.905 bits per heavy atom. The smallest absolute Gasteiger partial charge is 0.328 e. The zero-order valence-corrected chi connectivity index (χ0v) is 11.7. The highest BCUT2D eigenvalue weighted by Gasteiger charge is 2.26. The minimum absolute atomic E-state index is 0.377. The van der Waals surface area contributed by atoms with Gasteiger partial charge >= 0.3 is 5.97 Å². The van der Waals surface area contributed by atoms with E-state index in [1.54, 1.807) is 16.7 Å². The average Bonchev–Trinajstić information content (AvgIpc) is 2.50.